The van der Waals surface area contributed by atoms with Gasteiger partial charge in [0.15, 0.2) is 0 Å². The molecule has 0 heterocycles. The Morgan fingerprint density at radius 3 is 1.07 bits per heavy atom. The van der Waals surface area contributed by atoms with Crippen LogP contribution in [-0.2, 0) is 0 Å². The van der Waals surface area contributed by atoms with E-state index in [9.17, 15) is 0 Å². The van der Waals surface area contributed by atoms with E-state index in [2.05, 4.69) is 58.3 Å². The van der Waals surface area contributed by atoms with Gasteiger partial charge in [-0.15, -0.1) is 13.2 Å². The first-order valence-electron chi connectivity index (χ1n) is 12.8. The maximum Gasteiger partial charge on any atom is -0.00489 e. The molecule has 0 aliphatic rings. The summed E-state index contributed by atoms with van der Waals surface area (Å²) in [5, 5.41) is 3.64. The normalized spacial score (nSPS) is 12.3. The predicted octanol–water partition coefficient (Wildman–Crippen LogP) is 9.24. The number of allylic oxidation sites excluding steroid dienone is 2. The molecule has 0 aromatic rings. The summed E-state index contributed by atoms with van der Waals surface area (Å²) in [7, 11) is 0. The molecule has 0 atom stereocenters. The minimum absolute atomic E-state index is 0.328. The molecule has 0 aliphatic heterocycles. The number of hydrogen-bond acceptors (Lipinski definition) is 1. The topological polar surface area (TPSA) is 12.0 Å². The maximum atomic E-state index is 3.93. The van der Waals surface area contributed by atoms with Gasteiger partial charge >= 0.3 is 0 Å². The minimum atomic E-state index is 0.328. The molecule has 0 aliphatic carbocycles. The molecule has 1 N–H and O–H groups in total. The molecule has 0 fully saturated rings. The zero-order valence-electron chi connectivity index (χ0n) is 20.8. The van der Waals surface area contributed by atoms with Crippen LogP contribution in [0.2, 0.25) is 0 Å². The zero-order chi connectivity index (χ0) is 21.8. The molecule has 1 heteroatoms. The summed E-state index contributed by atoms with van der Waals surface area (Å²) in [6.45, 7) is 19.5. The Hall–Kier alpha value is -0.560. The van der Waals surface area contributed by atoms with Gasteiger partial charge in [0.25, 0.3) is 0 Å². The molecule has 0 saturated heterocycles. The van der Waals surface area contributed by atoms with Gasteiger partial charge in [-0.2, -0.15) is 0 Å². The standard InChI is InChI=1S/C28H55N/c1-7-27(3,4)23-19-15-11-9-13-17-21-25-29-26-22-18-14-10-12-16-20-24-28(5,6)8-2/h7-8,29H,1-2,9-26H2,3-6H3. The molecule has 0 aromatic heterocycles. The lowest BCUT2D eigenvalue weighted by Crippen LogP contribution is -2.16. The Morgan fingerprint density at radius 2 is 0.759 bits per heavy atom. The molecule has 0 saturated carbocycles. The second kappa shape index (κ2) is 18.2. The van der Waals surface area contributed by atoms with E-state index >= 15 is 0 Å². The first-order chi connectivity index (χ1) is 13.8. The van der Waals surface area contributed by atoms with Gasteiger partial charge in [0.1, 0.15) is 0 Å². The fraction of sp³-hybridized carbons (Fsp3) is 0.857. The Bertz CT molecular complexity index is 344. The molecule has 0 bridgehead atoms. The lowest BCUT2D eigenvalue weighted by molar-refractivity contribution is 0.407. The van der Waals surface area contributed by atoms with Gasteiger partial charge in [-0.05, 0) is 49.6 Å². The average molecular weight is 406 g/mol. The van der Waals surface area contributed by atoms with Crippen LogP contribution < -0.4 is 5.32 Å². The lowest BCUT2D eigenvalue weighted by Gasteiger charge is -2.18. The van der Waals surface area contributed by atoms with Gasteiger partial charge in [-0.25, -0.2) is 0 Å². The molecular weight excluding hydrogens is 350 g/mol. The number of rotatable bonds is 22. The molecule has 0 radical (unpaired) electrons. The molecule has 0 amide bonds. The quantitative estimate of drug-likeness (QED) is 0.140. The van der Waals surface area contributed by atoms with Crippen LogP contribution in [-0.4, -0.2) is 13.1 Å². The van der Waals surface area contributed by atoms with Crippen LogP contribution >= 0.6 is 0 Å². The van der Waals surface area contributed by atoms with E-state index in [-0.39, 0.29) is 0 Å². The van der Waals surface area contributed by atoms with Crippen molar-refractivity contribution in [3.8, 4) is 0 Å². The van der Waals surface area contributed by atoms with E-state index in [1.807, 2.05) is 0 Å². The number of unbranched alkanes of at least 4 members (excludes halogenated alkanes) is 12. The summed E-state index contributed by atoms with van der Waals surface area (Å²) >= 11 is 0. The Balaban J connectivity index is 3.15. The third kappa shape index (κ3) is 20.5. The van der Waals surface area contributed by atoms with E-state index in [0.29, 0.717) is 10.8 Å². The summed E-state index contributed by atoms with van der Waals surface area (Å²) in [4.78, 5) is 0. The molecule has 172 valence electrons. The molecular formula is C28H55N. The second-order valence-corrected chi connectivity index (χ2v) is 10.6. The van der Waals surface area contributed by atoms with Crippen LogP contribution in [0, 0.1) is 10.8 Å². The highest BCUT2D eigenvalue weighted by molar-refractivity contribution is 4.87. The van der Waals surface area contributed by atoms with Gasteiger partial charge in [-0.1, -0.05) is 117 Å². The summed E-state index contributed by atoms with van der Waals surface area (Å²) < 4.78 is 0. The van der Waals surface area contributed by atoms with E-state index in [1.54, 1.807) is 0 Å². The van der Waals surface area contributed by atoms with Gasteiger partial charge in [0, 0.05) is 0 Å². The highest BCUT2D eigenvalue weighted by Gasteiger charge is 2.12. The van der Waals surface area contributed by atoms with Crippen molar-refractivity contribution in [1.82, 2.24) is 5.32 Å². The van der Waals surface area contributed by atoms with E-state index in [1.165, 1.54) is 116 Å². The van der Waals surface area contributed by atoms with E-state index in [4.69, 9.17) is 0 Å². The lowest BCUT2D eigenvalue weighted by atomic mass is 9.87. The van der Waals surface area contributed by atoms with Crippen molar-refractivity contribution >= 4 is 0 Å². The van der Waals surface area contributed by atoms with Gasteiger partial charge < -0.3 is 5.32 Å². The van der Waals surface area contributed by atoms with Crippen LogP contribution in [0.4, 0.5) is 0 Å². The summed E-state index contributed by atoms with van der Waals surface area (Å²) in [6, 6.07) is 0. The van der Waals surface area contributed by atoms with Crippen LogP contribution in [0.3, 0.4) is 0 Å². The van der Waals surface area contributed by atoms with Gasteiger partial charge in [0.2, 0.25) is 0 Å². The predicted molar refractivity (Wildman–Crippen MR) is 135 cm³/mol. The molecule has 0 unspecified atom stereocenters. The van der Waals surface area contributed by atoms with Crippen LogP contribution in [0.1, 0.15) is 130 Å². The minimum Gasteiger partial charge on any atom is -0.317 e. The fourth-order valence-corrected chi connectivity index (χ4v) is 3.76. The molecule has 0 spiro atoms. The first kappa shape index (κ1) is 28.4. The van der Waals surface area contributed by atoms with Crippen molar-refractivity contribution in [2.24, 2.45) is 10.8 Å². The van der Waals surface area contributed by atoms with Crippen molar-refractivity contribution < 1.29 is 0 Å². The van der Waals surface area contributed by atoms with E-state index in [0.717, 1.165) is 0 Å². The molecule has 1 nitrogen and oxygen atoms in total. The highest BCUT2D eigenvalue weighted by atomic mass is 14.8. The summed E-state index contributed by atoms with van der Waals surface area (Å²) in [5.41, 5.74) is 0.656. The third-order valence-electron chi connectivity index (χ3n) is 6.45. The second-order valence-electron chi connectivity index (χ2n) is 10.6. The Labute approximate surface area is 185 Å². The first-order valence-corrected chi connectivity index (χ1v) is 12.8. The third-order valence-corrected chi connectivity index (χ3v) is 6.45. The van der Waals surface area contributed by atoms with Crippen molar-refractivity contribution in [1.29, 1.82) is 0 Å². The molecule has 0 aromatic carbocycles. The van der Waals surface area contributed by atoms with Crippen molar-refractivity contribution in [3.05, 3.63) is 25.3 Å². The summed E-state index contributed by atoms with van der Waals surface area (Å²) in [6.07, 6.45) is 26.2. The maximum absolute atomic E-state index is 3.93. The van der Waals surface area contributed by atoms with Gasteiger partial charge in [0.05, 0.1) is 0 Å². The van der Waals surface area contributed by atoms with E-state index < -0.39 is 0 Å². The average Bonchev–Trinajstić information content (AvgIpc) is 2.69. The van der Waals surface area contributed by atoms with Crippen LogP contribution in [0.5, 0.6) is 0 Å². The van der Waals surface area contributed by atoms with Crippen LogP contribution in [0.25, 0.3) is 0 Å². The van der Waals surface area contributed by atoms with Crippen LogP contribution in [0.15, 0.2) is 25.3 Å². The zero-order valence-corrected chi connectivity index (χ0v) is 20.8. The molecule has 29 heavy (non-hydrogen) atoms. The summed E-state index contributed by atoms with van der Waals surface area (Å²) in [5.74, 6) is 0. The Kier molecular flexibility index (Phi) is 17.9. The van der Waals surface area contributed by atoms with Crippen molar-refractivity contribution in [2.75, 3.05) is 13.1 Å². The van der Waals surface area contributed by atoms with Crippen molar-refractivity contribution in [2.45, 2.75) is 130 Å². The SMILES string of the molecule is C=CC(C)(C)CCCCCCCCCNCCCCCCCCCC(C)(C)C=C. The fourth-order valence-electron chi connectivity index (χ4n) is 3.76. The largest absolute Gasteiger partial charge is 0.317 e. The van der Waals surface area contributed by atoms with Crippen molar-refractivity contribution in [3.63, 3.8) is 0 Å². The highest BCUT2D eigenvalue weighted by Crippen LogP contribution is 2.25. The molecule has 0 rings (SSSR count). The monoisotopic (exact) mass is 405 g/mol. The Morgan fingerprint density at radius 1 is 0.483 bits per heavy atom. The smallest absolute Gasteiger partial charge is 0.00489 e. The number of nitrogens with one attached hydrogen (secondary N) is 1. The van der Waals surface area contributed by atoms with Gasteiger partial charge in [-0.3, -0.25) is 0 Å². The number of hydrogen-bond donors (Lipinski definition) is 1.